The number of aliphatic hydroxyl groups is 1. The number of nitrogens with zero attached hydrogens (tertiary/aromatic N) is 1. The molecule has 1 aliphatic carbocycles. The number of hydrogen-bond acceptors (Lipinski definition) is 8. The third kappa shape index (κ3) is 3.73. The Labute approximate surface area is 183 Å². The predicted molar refractivity (Wildman–Crippen MR) is 106 cm³/mol. The fourth-order valence-corrected chi connectivity index (χ4v) is 6.35. The molecule has 32 heavy (non-hydrogen) atoms. The lowest BCUT2D eigenvalue weighted by Gasteiger charge is -2.15. The number of rotatable bonds is 7. The molecule has 2 aliphatic rings. The van der Waals surface area contributed by atoms with Gasteiger partial charge in [-0.2, -0.15) is 17.9 Å². The molecule has 4 N–H and O–H groups in total. The van der Waals surface area contributed by atoms with Gasteiger partial charge in [0.2, 0.25) is 5.76 Å². The molecule has 4 rings (SSSR count). The second-order valence-electron chi connectivity index (χ2n) is 7.10. The number of aliphatic hydroxyl groups excluding tert-OH is 1. The topological polar surface area (TPSA) is 128 Å². The van der Waals surface area contributed by atoms with Crippen molar-refractivity contribution in [3.63, 3.8) is 0 Å². The number of sulfonamides is 1. The molecular weight excluding hydrogens is 475 g/mol. The van der Waals surface area contributed by atoms with E-state index in [4.69, 9.17) is 0 Å². The zero-order valence-electron chi connectivity index (χ0n) is 15.9. The Kier molecular flexibility index (Phi) is 5.45. The van der Waals surface area contributed by atoms with Gasteiger partial charge in [0.25, 0.3) is 10.0 Å². The number of carboxylic acids is 1. The number of carboxylic acid groups (broad SMARTS) is 1. The quantitative estimate of drug-likeness (QED) is 0.463. The van der Waals surface area contributed by atoms with E-state index in [0.29, 0.717) is 23.1 Å². The number of allylic oxidation sites excluding steroid dienone is 1. The summed E-state index contributed by atoms with van der Waals surface area (Å²) in [5.41, 5.74) is 0.594. The minimum absolute atomic E-state index is 0.0584. The smallest absolute Gasteiger partial charge is 0.453 e. The van der Waals surface area contributed by atoms with Gasteiger partial charge in [-0.1, -0.05) is 35.9 Å². The second kappa shape index (κ2) is 7.74. The molecule has 172 valence electrons. The minimum Gasteiger partial charge on any atom is -0.480 e. The minimum atomic E-state index is -4.74. The highest BCUT2D eigenvalue weighted by molar-refractivity contribution is 7.91. The lowest BCUT2D eigenvalue weighted by molar-refractivity contribution is -0.141. The molecule has 0 amide bonds. The van der Waals surface area contributed by atoms with Crippen molar-refractivity contribution in [3.8, 4) is 0 Å². The van der Waals surface area contributed by atoms with Gasteiger partial charge in [0.15, 0.2) is 0 Å². The highest BCUT2D eigenvalue weighted by Crippen LogP contribution is 2.58. The van der Waals surface area contributed by atoms with Crippen LogP contribution in [0.1, 0.15) is 11.5 Å². The Balaban J connectivity index is 1.61. The molecule has 14 heteroatoms. The molecule has 1 aromatic carbocycles. The lowest BCUT2D eigenvalue weighted by Crippen LogP contribution is -2.46. The number of anilines is 1. The summed E-state index contributed by atoms with van der Waals surface area (Å²) in [6.45, 7) is -0.565. The first kappa shape index (κ1) is 22.5. The standard InChI is InChI=1S/C18H16F3N3O6S2/c19-18(20,21)12-8-24(23-30-12)13-6-7-14(31-13)32(28,29)22-17(16(26)27)11(9-25)15(17)10-4-2-1-3-5-10/h1-8,11,15,22-23,25H,9H2,(H,26,27). The number of hydrazine groups is 1. The molecule has 3 atom stereocenters. The van der Waals surface area contributed by atoms with Gasteiger partial charge < -0.3 is 15.1 Å². The molecule has 1 fully saturated rings. The van der Waals surface area contributed by atoms with E-state index in [2.05, 4.69) is 9.56 Å². The summed E-state index contributed by atoms with van der Waals surface area (Å²) in [7, 11) is -4.40. The molecule has 0 saturated heterocycles. The first-order valence-electron chi connectivity index (χ1n) is 9.04. The molecular formula is C18H16F3N3O6S2. The zero-order valence-corrected chi connectivity index (χ0v) is 17.5. The summed E-state index contributed by atoms with van der Waals surface area (Å²) in [6, 6.07) is 10.7. The van der Waals surface area contributed by atoms with Crippen LogP contribution in [0.3, 0.4) is 0 Å². The van der Waals surface area contributed by atoms with Crippen LogP contribution in [0.4, 0.5) is 18.2 Å². The maximum Gasteiger partial charge on any atom is 0.453 e. The summed E-state index contributed by atoms with van der Waals surface area (Å²) < 4.78 is 66.0. The number of nitrogens with one attached hydrogen (secondary N) is 2. The van der Waals surface area contributed by atoms with E-state index in [9.17, 15) is 36.6 Å². The van der Waals surface area contributed by atoms with Crippen LogP contribution in [0, 0.1) is 5.92 Å². The van der Waals surface area contributed by atoms with Crippen molar-refractivity contribution >= 4 is 32.3 Å². The Bertz CT molecular complexity index is 1170. The van der Waals surface area contributed by atoms with Gasteiger partial charge in [0.1, 0.15) is 14.7 Å². The third-order valence-corrected chi connectivity index (χ3v) is 8.29. The summed E-state index contributed by atoms with van der Waals surface area (Å²) >= 11 is 0.601. The first-order chi connectivity index (χ1) is 15.0. The van der Waals surface area contributed by atoms with E-state index < -0.39 is 51.9 Å². The van der Waals surface area contributed by atoms with Crippen LogP contribution in [0.2, 0.25) is 0 Å². The fourth-order valence-electron chi connectivity index (χ4n) is 3.70. The average Bonchev–Trinajstić information content (AvgIpc) is 3.13. The summed E-state index contributed by atoms with van der Waals surface area (Å²) in [6.07, 6.45) is -4.12. The van der Waals surface area contributed by atoms with Gasteiger partial charge in [-0.25, -0.2) is 13.4 Å². The molecule has 9 nitrogen and oxygen atoms in total. The molecule has 0 spiro atoms. The highest BCUT2D eigenvalue weighted by Gasteiger charge is 2.72. The molecule has 1 aliphatic heterocycles. The summed E-state index contributed by atoms with van der Waals surface area (Å²) in [5, 5.41) is 20.5. The second-order valence-corrected chi connectivity index (χ2v) is 10.1. The van der Waals surface area contributed by atoms with Gasteiger partial charge in [0, 0.05) is 18.4 Å². The van der Waals surface area contributed by atoms with Crippen LogP contribution < -0.4 is 15.3 Å². The van der Waals surface area contributed by atoms with Crippen molar-refractivity contribution in [1.29, 1.82) is 0 Å². The number of aliphatic carboxylic acids is 1. The Morgan fingerprint density at radius 2 is 1.94 bits per heavy atom. The molecule has 3 unspecified atom stereocenters. The van der Waals surface area contributed by atoms with Gasteiger partial charge in [-0.05, 0) is 17.7 Å². The first-order valence-corrected chi connectivity index (χ1v) is 11.3. The Morgan fingerprint density at radius 1 is 1.25 bits per heavy atom. The van der Waals surface area contributed by atoms with Crippen LogP contribution in [-0.2, 0) is 19.7 Å². The van der Waals surface area contributed by atoms with Crippen LogP contribution in [-0.4, -0.2) is 42.9 Å². The van der Waals surface area contributed by atoms with Gasteiger partial charge in [0.05, 0.1) is 6.20 Å². The molecule has 2 heterocycles. The summed E-state index contributed by atoms with van der Waals surface area (Å²) in [5.74, 6) is -4.46. The van der Waals surface area contributed by atoms with E-state index in [1.807, 2.05) is 5.59 Å². The monoisotopic (exact) mass is 491 g/mol. The number of carbonyl (C=O) groups is 1. The van der Waals surface area contributed by atoms with Gasteiger partial charge >= 0.3 is 12.1 Å². The van der Waals surface area contributed by atoms with Crippen LogP contribution in [0.15, 0.2) is 58.6 Å². The Hall–Kier alpha value is -2.65. The zero-order chi connectivity index (χ0) is 23.3. The van der Waals surface area contributed by atoms with Crippen LogP contribution >= 0.6 is 11.3 Å². The SMILES string of the molecule is O=C(O)C1(NS(=O)(=O)c2ccc(N3C=C(C(F)(F)F)ON3)s2)C(CO)C1c1ccccc1. The van der Waals surface area contributed by atoms with Gasteiger partial charge in [-0.15, -0.1) is 11.3 Å². The highest BCUT2D eigenvalue weighted by atomic mass is 32.2. The number of alkyl halides is 3. The number of benzene rings is 1. The van der Waals surface area contributed by atoms with Crippen molar-refractivity contribution in [1.82, 2.24) is 10.3 Å². The maximum atomic E-state index is 13.0. The summed E-state index contributed by atoms with van der Waals surface area (Å²) in [4.78, 5) is 16.4. The van der Waals surface area contributed by atoms with Crippen molar-refractivity contribution in [2.45, 2.75) is 21.8 Å². The normalized spacial score (nSPS) is 25.4. The van der Waals surface area contributed by atoms with E-state index in [1.54, 1.807) is 30.3 Å². The molecule has 2 aromatic rings. The average molecular weight is 491 g/mol. The van der Waals surface area contributed by atoms with E-state index in [1.165, 1.54) is 6.07 Å². The third-order valence-electron chi connectivity index (χ3n) is 5.23. The van der Waals surface area contributed by atoms with Crippen molar-refractivity contribution in [2.24, 2.45) is 5.92 Å². The van der Waals surface area contributed by atoms with E-state index in [0.717, 1.165) is 11.1 Å². The number of thiophene rings is 1. The van der Waals surface area contributed by atoms with Crippen LogP contribution in [0.25, 0.3) is 0 Å². The van der Waals surface area contributed by atoms with Crippen LogP contribution in [0.5, 0.6) is 0 Å². The van der Waals surface area contributed by atoms with Crippen molar-refractivity contribution < 1.29 is 41.4 Å². The number of halogens is 3. The van der Waals surface area contributed by atoms with Crippen molar-refractivity contribution in [3.05, 3.63) is 60.0 Å². The molecule has 0 radical (unpaired) electrons. The van der Waals surface area contributed by atoms with E-state index >= 15 is 0 Å². The lowest BCUT2D eigenvalue weighted by atomic mass is 10.1. The molecule has 1 aromatic heterocycles. The molecule has 1 saturated carbocycles. The van der Waals surface area contributed by atoms with Crippen molar-refractivity contribution in [2.75, 3.05) is 11.6 Å². The van der Waals surface area contributed by atoms with E-state index in [-0.39, 0.29) is 9.21 Å². The Morgan fingerprint density at radius 3 is 2.50 bits per heavy atom. The fraction of sp³-hybridized carbons (Fsp3) is 0.278. The number of hydrogen-bond donors (Lipinski definition) is 4. The van der Waals surface area contributed by atoms with Gasteiger partial charge in [-0.3, -0.25) is 4.79 Å². The largest absolute Gasteiger partial charge is 0.480 e. The maximum absolute atomic E-state index is 13.0. The molecule has 0 bridgehead atoms. The predicted octanol–water partition coefficient (Wildman–Crippen LogP) is 1.92.